The lowest BCUT2D eigenvalue weighted by Crippen LogP contribution is -2.25. The second kappa shape index (κ2) is 12.3. The van der Waals surface area contributed by atoms with E-state index in [1.54, 1.807) is 13.2 Å². The number of unbranched alkanes of at least 4 members (excludes halogenated alkanes) is 2. The molecule has 0 saturated carbocycles. The summed E-state index contributed by atoms with van der Waals surface area (Å²) in [6.07, 6.45) is 4.23. The van der Waals surface area contributed by atoms with E-state index in [2.05, 4.69) is 18.9 Å². The van der Waals surface area contributed by atoms with Crippen molar-refractivity contribution in [3.63, 3.8) is 0 Å². The smallest absolute Gasteiger partial charge is 0.178 e. The molecule has 0 radical (unpaired) electrons. The predicted octanol–water partition coefficient (Wildman–Crippen LogP) is 7.14. The number of hydrogen-bond acceptors (Lipinski definition) is 6. The first-order valence-electron chi connectivity index (χ1n) is 13.9. The summed E-state index contributed by atoms with van der Waals surface area (Å²) < 4.78 is 42.7. The fourth-order valence-electron chi connectivity index (χ4n) is 5.13. The Balaban J connectivity index is 1.39. The zero-order chi connectivity index (χ0) is 28.1. The van der Waals surface area contributed by atoms with Gasteiger partial charge in [0.2, 0.25) is 0 Å². The zero-order valence-electron chi connectivity index (χ0n) is 23.5. The molecule has 0 bridgehead atoms. The first kappa shape index (κ1) is 28.0. The predicted molar refractivity (Wildman–Crippen MR) is 161 cm³/mol. The fourth-order valence-corrected chi connectivity index (χ4v) is 6.67. The number of rotatable bonds is 12. The van der Waals surface area contributed by atoms with Crippen LogP contribution in [0.2, 0.25) is 0 Å². The zero-order valence-corrected chi connectivity index (χ0v) is 24.3. The minimum Gasteiger partial charge on any atom is -0.497 e. The topological polar surface area (TPSA) is 65.1 Å². The Morgan fingerprint density at radius 1 is 0.850 bits per heavy atom. The summed E-state index contributed by atoms with van der Waals surface area (Å²) >= 11 is 0. The molecule has 4 aromatic rings. The third-order valence-electron chi connectivity index (χ3n) is 7.45. The van der Waals surface area contributed by atoms with Gasteiger partial charge in [0.15, 0.2) is 9.84 Å². The number of hydrogen-bond donors (Lipinski definition) is 0. The first-order chi connectivity index (χ1) is 19.4. The van der Waals surface area contributed by atoms with Gasteiger partial charge in [-0.3, -0.25) is 0 Å². The van der Waals surface area contributed by atoms with Gasteiger partial charge in [-0.25, -0.2) is 8.42 Å². The van der Waals surface area contributed by atoms with Crippen LogP contribution in [0.15, 0.2) is 77.7 Å². The molecule has 0 N–H and O–H groups in total. The highest BCUT2D eigenvalue weighted by atomic mass is 32.2. The van der Waals surface area contributed by atoms with E-state index in [9.17, 15) is 8.42 Å². The number of ether oxygens (including phenoxy) is 3. The molecule has 0 amide bonds. The van der Waals surface area contributed by atoms with Gasteiger partial charge in [-0.2, -0.15) is 0 Å². The molecule has 5 rings (SSSR count). The van der Waals surface area contributed by atoms with Crippen molar-refractivity contribution in [3.8, 4) is 34.1 Å². The minimum atomic E-state index is -3.19. The van der Waals surface area contributed by atoms with Crippen LogP contribution in [-0.2, 0) is 16.3 Å². The molecule has 40 heavy (non-hydrogen) atoms. The SMILES string of the molecule is CCCCCN(C)CCOc1ccc(Oc2c(-c3ccc4c(c3)CCS4(=O)=O)ccc3cc(OC)ccc23)cc1. The fraction of sp³-hybridized carbons (Fsp3) is 0.333. The number of likely N-dealkylation sites (N-methyl/N-ethyl adjacent to an activating group) is 1. The van der Waals surface area contributed by atoms with Crippen LogP contribution in [0.4, 0.5) is 0 Å². The Hall–Kier alpha value is -3.55. The van der Waals surface area contributed by atoms with Crippen LogP contribution in [0, 0.1) is 0 Å². The Bertz CT molecular complexity index is 1580. The van der Waals surface area contributed by atoms with Gasteiger partial charge in [0.25, 0.3) is 0 Å². The third kappa shape index (κ3) is 6.26. The molecule has 1 aliphatic heterocycles. The van der Waals surface area contributed by atoms with E-state index in [4.69, 9.17) is 14.2 Å². The number of aryl methyl sites for hydroxylation is 1. The monoisotopic (exact) mass is 559 g/mol. The summed E-state index contributed by atoms with van der Waals surface area (Å²) in [6, 6.07) is 23.2. The van der Waals surface area contributed by atoms with Crippen molar-refractivity contribution in [2.45, 2.75) is 37.5 Å². The lowest BCUT2D eigenvalue weighted by Gasteiger charge is -2.17. The van der Waals surface area contributed by atoms with E-state index < -0.39 is 9.84 Å². The summed E-state index contributed by atoms with van der Waals surface area (Å²) in [6.45, 7) is 4.82. The van der Waals surface area contributed by atoms with Crippen LogP contribution >= 0.6 is 0 Å². The highest BCUT2D eigenvalue weighted by molar-refractivity contribution is 7.91. The molecule has 0 spiro atoms. The average molecular weight is 560 g/mol. The molecule has 210 valence electrons. The van der Waals surface area contributed by atoms with Gasteiger partial charge >= 0.3 is 0 Å². The van der Waals surface area contributed by atoms with Crippen LogP contribution in [-0.4, -0.2) is 52.9 Å². The number of fused-ring (bicyclic) bond motifs is 2. The van der Waals surface area contributed by atoms with Crippen LogP contribution in [0.5, 0.6) is 23.0 Å². The van der Waals surface area contributed by atoms with E-state index in [-0.39, 0.29) is 5.75 Å². The van der Waals surface area contributed by atoms with Gasteiger partial charge in [0.05, 0.1) is 17.8 Å². The molecule has 1 heterocycles. The maximum absolute atomic E-state index is 12.4. The Kier molecular flexibility index (Phi) is 8.62. The van der Waals surface area contributed by atoms with Gasteiger partial charge in [0, 0.05) is 17.5 Å². The number of nitrogens with zero attached hydrogens (tertiary/aromatic N) is 1. The summed E-state index contributed by atoms with van der Waals surface area (Å²) in [5.74, 6) is 3.14. The number of benzene rings is 4. The largest absolute Gasteiger partial charge is 0.497 e. The second-order valence-corrected chi connectivity index (χ2v) is 12.4. The molecular formula is C33H37NO5S. The summed E-state index contributed by atoms with van der Waals surface area (Å²) in [7, 11) is 0.598. The van der Waals surface area contributed by atoms with Gasteiger partial charge in [-0.05, 0) is 104 Å². The lowest BCUT2D eigenvalue weighted by molar-refractivity contribution is 0.234. The van der Waals surface area contributed by atoms with Crippen molar-refractivity contribution in [2.75, 3.05) is 39.6 Å². The molecule has 0 atom stereocenters. The van der Waals surface area contributed by atoms with E-state index in [1.165, 1.54) is 19.3 Å². The molecule has 1 aliphatic rings. The highest BCUT2D eigenvalue weighted by Gasteiger charge is 2.26. The maximum Gasteiger partial charge on any atom is 0.178 e. The molecule has 0 unspecified atom stereocenters. The van der Waals surface area contributed by atoms with Crippen LogP contribution in [0.1, 0.15) is 31.7 Å². The van der Waals surface area contributed by atoms with Crippen LogP contribution < -0.4 is 14.2 Å². The van der Waals surface area contributed by atoms with Crippen molar-refractivity contribution in [1.82, 2.24) is 4.90 Å². The van der Waals surface area contributed by atoms with Crippen molar-refractivity contribution in [1.29, 1.82) is 0 Å². The highest BCUT2D eigenvalue weighted by Crippen LogP contribution is 2.42. The molecule has 6 nitrogen and oxygen atoms in total. The van der Waals surface area contributed by atoms with Crippen molar-refractivity contribution >= 4 is 20.6 Å². The summed E-state index contributed by atoms with van der Waals surface area (Å²) in [4.78, 5) is 2.74. The van der Waals surface area contributed by atoms with Gasteiger partial charge < -0.3 is 19.1 Å². The normalized spacial score (nSPS) is 13.9. The van der Waals surface area contributed by atoms with Gasteiger partial charge in [-0.15, -0.1) is 0 Å². The standard InChI is InChI=1S/C33H37NO5S/c1-4-5-6-18-34(2)19-20-38-27-9-11-28(12-10-27)39-33-30(14-7-25-23-29(37-3)13-15-31(25)33)24-8-16-32-26(22-24)17-21-40(32,35)36/h7-16,22-23H,4-6,17-21H2,1-3H3. The average Bonchev–Trinajstić information content (AvgIpc) is 3.27. The van der Waals surface area contributed by atoms with E-state index in [0.29, 0.717) is 29.4 Å². The molecular weight excluding hydrogens is 522 g/mol. The molecule has 4 aromatic carbocycles. The van der Waals surface area contributed by atoms with E-state index in [1.807, 2.05) is 66.7 Å². The Morgan fingerprint density at radius 2 is 1.62 bits per heavy atom. The third-order valence-corrected chi connectivity index (χ3v) is 9.26. The number of sulfone groups is 1. The molecule has 0 saturated heterocycles. The van der Waals surface area contributed by atoms with E-state index >= 15 is 0 Å². The van der Waals surface area contributed by atoms with Crippen molar-refractivity contribution in [3.05, 3.63) is 78.4 Å². The second-order valence-electron chi connectivity index (χ2n) is 10.4. The minimum absolute atomic E-state index is 0.163. The van der Waals surface area contributed by atoms with Crippen molar-refractivity contribution < 1.29 is 22.6 Å². The first-order valence-corrected chi connectivity index (χ1v) is 15.6. The lowest BCUT2D eigenvalue weighted by atomic mass is 9.97. The molecule has 0 aliphatic carbocycles. The number of methoxy groups -OCH3 is 1. The Labute approximate surface area is 237 Å². The summed E-state index contributed by atoms with van der Waals surface area (Å²) in [5.41, 5.74) is 2.68. The quantitative estimate of drug-likeness (QED) is 0.172. The van der Waals surface area contributed by atoms with Crippen LogP contribution in [0.25, 0.3) is 21.9 Å². The summed E-state index contributed by atoms with van der Waals surface area (Å²) in [5, 5.41) is 1.93. The Morgan fingerprint density at radius 3 is 2.40 bits per heavy atom. The van der Waals surface area contributed by atoms with Gasteiger partial charge in [-0.1, -0.05) is 31.9 Å². The maximum atomic E-state index is 12.4. The van der Waals surface area contributed by atoms with E-state index in [0.717, 1.165) is 52.1 Å². The van der Waals surface area contributed by atoms with Crippen LogP contribution in [0.3, 0.4) is 0 Å². The van der Waals surface area contributed by atoms with Gasteiger partial charge in [0.1, 0.15) is 29.6 Å². The molecule has 7 heteroatoms. The molecule has 0 fully saturated rings. The molecule has 0 aromatic heterocycles. The van der Waals surface area contributed by atoms with Crippen molar-refractivity contribution in [2.24, 2.45) is 0 Å².